The van der Waals surface area contributed by atoms with Crippen molar-refractivity contribution in [3.8, 4) is 5.75 Å². The quantitative estimate of drug-likeness (QED) is 0.240. The van der Waals surface area contributed by atoms with Crippen molar-refractivity contribution in [2.75, 3.05) is 26.2 Å². The average Bonchev–Trinajstić information content (AvgIpc) is 3.87. The first-order chi connectivity index (χ1) is 19.9. The average molecular weight is 611 g/mol. The van der Waals surface area contributed by atoms with Crippen LogP contribution in [0.25, 0.3) is 0 Å². The van der Waals surface area contributed by atoms with Crippen LogP contribution in [-0.4, -0.2) is 59.9 Å². The first-order valence-corrected chi connectivity index (χ1v) is 14.8. The summed E-state index contributed by atoms with van der Waals surface area (Å²) in [4.78, 5) is 28.4. The molecule has 5 nitrogen and oxygen atoms in total. The fraction of sp³-hybridized carbons (Fsp3) is 0.548. The van der Waals surface area contributed by atoms with Gasteiger partial charge in [-0.2, -0.15) is 13.2 Å². The number of hydrogen-bond donors (Lipinski definition) is 0. The molecule has 2 aromatic carbocycles. The van der Waals surface area contributed by atoms with Crippen LogP contribution >= 0.6 is 11.6 Å². The van der Waals surface area contributed by atoms with Crippen molar-refractivity contribution in [3.05, 3.63) is 63.4 Å². The van der Waals surface area contributed by atoms with Gasteiger partial charge in [0, 0.05) is 37.3 Å². The number of likely N-dealkylation sites (tertiary alicyclic amines) is 2. The molecular weight excluding hydrogens is 579 g/mol. The highest BCUT2D eigenvalue weighted by Crippen LogP contribution is 2.55. The fourth-order valence-electron chi connectivity index (χ4n) is 6.26. The predicted octanol–water partition coefficient (Wildman–Crippen LogP) is 6.95. The van der Waals surface area contributed by atoms with E-state index in [-0.39, 0.29) is 47.1 Å². The first-order valence-electron chi connectivity index (χ1n) is 14.4. The van der Waals surface area contributed by atoms with Gasteiger partial charge in [0.2, 0.25) is 0 Å². The van der Waals surface area contributed by atoms with Crippen molar-refractivity contribution < 1.29 is 36.3 Å². The van der Waals surface area contributed by atoms with E-state index in [0.29, 0.717) is 43.7 Å². The molecular formula is C31H32ClF5N2O3. The van der Waals surface area contributed by atoms with Crippen LogP contribution in [0.4, 0.5) is 22.0 Å². The number of rotatable bonds is 8. The molecule has 11 heteroatoms. The summed E-state index contributed by atoms with van der Waals surface area (Å²) in [6.45, 7) is 1.17. The highest BCUT2D eigenvalue weighted by Gasteiger charge is 2.53. The lowest BCUT2D eigenvalue weighted by molar-refractivity contribution is -0.137. The molecule has 0 bridgehead atoms. The third-order valence-electron chi connectivity index (χ3n) is 9.28. The maximum absolute atomic E-state index is 15.8. The number of amides is 1. The zero-order valence-corrected chi connectivity index (χ0v) is 23.7. The van der Waals surface area contributed by atoms with Gasteiger partial charge in [0.15, 0.2) is 0 Å². The Balaban J connectivity index is 1.09. The lowest BCUT2D eigenvalue weighted by atomic mass is 9.93. The third kappa shape index (κ3) is 6.02. The second-order valence-electron chi connectivity index (χ2n) is 12.5. The molecule has 2 saturated heterocycles. The Kier molecular flexibility index (Phi) is 7.53. The van der Waals surface area contributed by atoms with E-state index in [1.807, 2.05) is 4.90 Å². The molecule has 2 aromatic rings. The van der Waals surface area contributed by atoms with E-state index in [0.717, 1.165) is 44.1 Å². The third-order valence-corrected chi connectivity index (χ3v) is 9.64. The highest BCUT2D eigenvalue weighted by molar-refractivity contribution is 6.31. The highest BCUT2D eigenvalue weighted by atomic mass is 35.5. The van der Waals surface area contributed by atoms with E-state index in [2.05, 4.69) is 0 Å². The molecule has 0 radical (unpaired) electrons. The summed E-state index contributed by atoms with van der Waals surface area (Å²) in [7, 11) is 0. The number of halogens is 6. The minimum Gasteiger partial charge on any atom is -0.490 e. The second kappa shape index (κ2) is 10.8. The van der Waals surface area contributed by atoms with Crippen molar-refractivity contribution in [3.63, 3.8) is 0 Å². The molecule has 2 aliphatic heterocycles. The Morgan fingerprint density at radius 3 is 2.40 bits per heavy atom. The maximum Gasteiger partial charge on any atom is 0.416 e. The van der Waals surface area contributed by atoms with Gasteiger partial charge >= 0.3 is 6.18 Å². The van der Waals surface area contributed by atoms with Crippen LogP contribution < -0.4 is 4.74 Å². The molecule has 0 unspecified atom stereocenters. The zero-order chi connectivity index (χ0) is 29.9. The number of hydrogen-bond acceptors (Lipinski definition) is 4. The molecule has 6 rings (SSSR count). The Bertz CT molecular complexity index is 1380. The molecule has 1 amide bonds. The number of carbonyl (C=O) groups is 2. The van der Waals surface area contributed by atoms with Gasteiger partial charge in [0.1, 0.15) is 30.1 Å². The van der Waals surface area contributed by atoms with Gasteiger partial charge in [0.05, 0.1) is 17.2 Å². The van der Waals surface area contributed by atoms with Crippen LogP contribution in [0.15, 0.2) is 30.3 Å². The fourth-order valence-corrected chi connectivity index (χ4v) is 6.51. The van der Waals surface area contributed by atoms with Crippen molar-refractivity contribution in [1.82, 2.24) is 9.80 Å². The van der Waals surface area contributed by atoms with E-state index in [1.165, 1.54) is 23.1 Å². The van der Waals surface area contributed by atoms with Gasteiger partial charge in [-0.1, -0.05) is 17.7 Å². The van der Waals surface area contributed by atoms with Crippen LogP contribution in [0.3, 0.4) is 0 Å². The topological polar surface area (TPSA) is 49.9 Å². The van der Waals surface area contributed by atoms with Gasteiger partial charge in [-0.05, 0) is 85.6 Å². The Labute approximate surface area is 245 Å². The molecule has 4 aliphatic rings. The predicted molar refractivity (Wildman–Crippen MR) is 146 cm³/mol. The van der Waals surface area contributed by atoms with Gasteiger partial charge in [0.25, 0.3) is 5.91 Å². The largest absolute Gasteiger partial charge is 0.490 e. The van der Waals surface area contributed by atoms with E-state index in [9.17, 15) is 22.8 Å². The Morgan fingerprint density at radius 2 is 1.81 bits per heavy atom. The summed E-state index contributed by atoms with van der Waals surface area (Å²) in [5, 5.41) is 0.0141. The van der Waals surface area contributed by atoms with Gasteiger partial charge in [-0.15, -0.1) is 0 Å². The van der Waals surface area contributed by atoms with Crippen LogP contribution in [0.5, 0.6) is 5.75 Å². The molecule has 42 heavy (non-hydrogen) atoms. The van der Waals surface area contributed by atoms with E-state index < -0.39 is 35.2 Å². The van der Waals surface area contributed by atoms with Gasteiger partial charge in [-0.25, -0.2) is 8.78 Å². The summed E-state index contributed by atoms with van der Waals surface area (Å²) in [6.07, 6.45) is 0.833. The minimum atomic E-state index is -4.48. The number of piperidine rings is 1. The van der Waals surface area contributed by atoms with Crippen LogP contribution in [0, 0.1) is 11.2 Å². The van der Waals surface area contributed by atoms with Gasteiger partial charge in [-0.3, -0.25) is 9.69 Å². The lowest BCUT2D eigenvalue weighted by Gasteiger charge is -2.36. The molecule has 2 saturated carbocycles. The van der Waals surface area contributed by atoms with Crippen LogP contribution in [-0.2, 0) is 17.5 Å². The standard InChI is InChI=1S/C31H32ClF5N2O3/c32-25-11-21(31(35,36)37)4-3-20(25)15-38-9-7-30(34,8-10-38)18-42-27-13-26(33)24(12-23(27)19-1-2-19)28(41)39-17-29(5-6-29)14-22(39)16-40/h3-4,11-13,16,19,22H,1-2,5-10,14-15,17-18H2/t22-/m0/s1. The number of alkyl halides is 4. The SMILES string of the molecule is O=C[C@@H]1CC2(CC2)CN1C(=O)c1cc(C2CC2)c(OCC2(F)CCN(Cc3ccc(C(F)(F)F)cc3Cl)CC2)cc1F. The lowest BCUT2D eigenvalue weighted by Crippen LogP contribution is -2.44. The van der Waals surface area contributed by atoms with Crippen molar-refractivity contribution in [2.45, 2.75) is 75.3 Å². The van der Waals surface area contributed by atoms with E-state index in [1.54, 1.807) is 0 Å². The maximum atomic E-state index is 15.8. The number of aldehydes is 1. The summed E-state index contributed by atoms with van der Waals surface area (Å²) in [6, 6.07) is 5.38. The number of nitrogens with zero attached hydrogens (tertiary/aromatic N) is 2. The molecule has 2 heterocycles. The van der Waals surface area contributed by atoms with Crippen LogP contribution in [0.1, 0.15) is 77.9 Å². The van der Waals surface area contributed by atoms with Gasteiger partial charge < -0.3 is 14.4 Å². The monoisotopic (exact) mass is 610 g/mol. The normalized spacial score (nSPS) is 23.3. The molecule has 1 spiro atoms. The molecule has 4 fully saturated rings. The van der Waals surface area contributed by atoms with Crippen molar-refractivity contribution >= 4 is 23.8 Å². The number of benzene rings is 2. The summed E-state index contributed by atoms with van der Waals surface area (Å²) in [5.41, 5.74) is -1.36. The molecule has 226 valence electrons. The first kappa shape index (κ1) is 29.4. The molecule has 2 aliphatic carbocycles. The Hall–Kier alpha value is -2.72. The minimum absolute atomic E-state index is 0.00485. The van der Waals surface area contributed by atoms with Crippen molar-refractivity contribution in [2.24, 2.45) is 5.41 Å². The summed E-state index contributed by atoms with van der Waals surface area (Å²) >= 11 is 6.09. The van der Waals surface area contributed by atoms with E-state index in [4.69, 9.17) is 16.3 Å². The second-order valence-corrected chi connectivity index (χ2v) is 12.9. The number of ether oxygens (including phenoxy) is 1. The Morgan fingerprint density at radius 1 is 1.10 bits per heavy atom. The molecule has 0 N–H and O–H groups in total. The summed E-state index contributed by atoms with van der Waals surface area (Å²) in [5.74, 6) is -0.913. The number of carbonyl (C=O) groups excluding carboxylic acids is 2. The van der Waals surface area contributed by atoms with E-state index >= 15 is 8.78 Å². The zero-order valence-electron chi connectivity index (χ0n) is 23.0. The molecule has 0 aromatic heterocycles. The summed E-state index contributed by atoms with van der Waals surface area (Å²) < 4.78 is 75.8. The molecule has 1 atom stereocenters. The smallest absolute Gasteiger partial charge is 0.416 e. The van der Waals surface area contributed by atoms with Crippen molar-refractivity contribution in [1.29, 1.82) is 0 Å². The van der Waals surface area contributed by atoms with Crippen LogP contribution in [0.2, 0.25) is 5.02 Å².